The molecule has 0 saturated heterocycles. The largest absolute Gasteiger partial charge is 0.497 e. The van der Waals surface area contributed by atoms with E-state index in [0.717, 1.165) is 23.6 Å². The van der Waals surface area contributed by atoms with Crippen molar-refractivity contribution in [2.45, 2.75) is 19.4 Å². The number of hydrogen-bond donors (Lipinski definition) is 1. The van der Waals surface area contributed by atoms with E-state index in [1.165, 1.54) is 5.56 Å². The molecule has 21 heavy (non-hydrogen) atoms. The molecule has 2 rings (SSSR count). The summed E-state index contributed by atoms with van der Waals surface area (Å²) in [5, 5.41) is 4.16. The van der Waals surface area contributed by atoms with Gasteiger partial charge < -0.3 is 14.8 Å². The van der Waals surface area contributed by atoms with Gasteiger partial charge in [0.05, 0.1) is 31.0 Å². The average molecular weight is 306 g/mol. The Balaban J connectivity index is 2.21. The summed E-state index contributed by atoms with van der Waals surface area (Å²) >= 11 is 6.25. The highest BCUT2D eigenvalue weighted by Crippen LogP contribution is 2.31. The van der Waals surface area contributed by atoms with Crippen molar-refractivity contribution in [3.8, 4) is 11.5 Å². The molecule has 0 saturated carbocycles. The minimum absolute atomic E-state index is 0.181. The molecule has 2 aromatic rings. The quantitative estimate of drug-likeness (QED) is 0.821. The van der Waals surface area contributed by atoms with Crippen LogP contribution in [0.2, 0.25) is 5.02 Å². The SMILES string of the molecule is CCC(Nc1cc(OC)ccc1Cl)c1ccc(OC)cc1. The number of halogens is 1. The Morgan fingerprint density at radius 3 is 2.19 bits per heavy atom. The zero-order valence-electron chi connectivity index (χ0n) is 12.5. The number of hydrogen-bond acceptors (Lipinski definition) is 3. The van der Waals surface area contributed by atoms with E-state index < -0.39 is 0 Å². The Hall–Kier alpha value is -1.87. The molecule has 0 amide bonds. The van der Waals surface area contributed by atoms with Gasteiger partial charge in [0.25, 0.3) is 0 Å². The maximum absolute atomic E-state index is 6.25. The molecule has 0 bridgehead atoms. The van der Waals surface area contributed by atoms with E-state index in [2.05, 4.69) is 24.4 Å². The van der Waals surface area contributed by atoms with E-state index in [9.17, 15) is 0 Å². The number of methoxy groups -OCH3 is 2. The van der Waals surface area contributed by atoms with Crippen LogP contribution in [0.15, 0.2) is 42.5 Å². The lowest BCUT2D eigenvalue weighted by molar-refractivity contribution is 0.414. The first-order valence-corrected chi connectivity index (χ1v) is 7.29. The van der Waals surface area contributed by atoms with E-state index >= 15 is 0 Å². The zero-order valence-corrected chi connectivity index (χ0v) is 13.3. The van der Waals surface area contributed by atoms with Gasteiger partial charge in [-0.2, -0.15) is 0 Å². The highest BCUT2D eigenvalue weighted by atomic mass is 35.5. The van der Waals surface area contributed by atoms with Crippen molar-refractivity contribution in [1.29, 1.82) is 0 Å². The second-order valence-corrected chi connectivity index (χ2v) is 5.13. The van der Waals surface area contributed by atoms with Crippen LogP contribution in [-0.4, -0.2) is 14.2 Å². The van der Waals surface area contributed by atoms with Crippen molar-refractivity contribution in [2.75, 3.05) is 19.5 Å². The Labute approximate surface area is 130 Å². The summed E-state index contributed by atoms with van der Waals surface area (Å²) in [6.07, 6.45) is 0.944. The Bertz CT molecular complexity index is 584. The van der Waals surface area contributed by atoms with Crippen LogP contribution in [0, 0.1) is 0 Å². The molecule has 4 heteroatoms. The van der Waals surface area contributed by atoms with Gasteiger partial charge in [0.2, 0.25) is 0 Å². The molecule has 0 heterocycles. The Morgan fingerprint density at radius 2 is 1.62 bits per heavy atom. The van der Waals surface area contributed by atoms with Crippen LogP contribution in [0.25, 0.3) is 0 Å². The smallest absolute Gasteiger partial charge is 0.121 e. The van der Waals surface area contributed by atoms with E-state index in [1.54, 1.807) is 14.2 Å². The lowest BCUT2D eigenvalue weighted by atomic mass is 10.0. The molecule has 0 aliphatic carbocycles. The normalized spacial score (nSPS) is 11.8. The first-order valence-electron chi connectivity index (χ1n) is 6.92. The molecule has 1 unspecified atom stereocenters. The summed E-state index contributed by atoms with van der Waals surface area (Å²) in [5.74, 6) is 1.64. The molecular formula is C17H20ClNO2. The minimum atomic E-state index is 0.181. The molecule has 0 fully saturated rings. The Morgan fingerprint density at radius 1 is 1.00 bits per heavy atom. The standard InChI is InChI=1S/C17H20ClNO2/c1-4-16(12-5-7-13(20-2)8-6-12)19-17-11-14(21-3)9-10-15(17)18/h5-11,16,19H,4H2,1-3H3. The summed E-state index contributed by atoms with van der Waals surface area (Å²) in [4.78, 5) is 0. The number of rotatable bonds is 6. The van der Waals surface area contributed by atoms with E-state index in [0.29, 0.717) is 5.02 Å². The molecule has 0 aromatic heterocycles. The fourth-order valence-corrected chi connectivity index (χ4v) is 2.36. The number of nitrogens with one attached hydrogen (secondary N) is 1. The predicted molar refractivity (Wildman–Crippen MR) is 87.7 cm³/mol. The third-order valence-corrected chi connectivity index (χ3v) is 3.76. The molecular weight excluding hydrogens is 286 g/mol. The Kier molecular flexibility index (Phi) is 5.34. The topological polar surface area (TPSA) is 30.5 Å². The molecule has 3 nitrogen and oxygen atoms in total. The second-order valence-electron chi connectivity index (χ2n) is 4.72. The van der Waals surface area contributed by atoms with Gasteiger partial charge in [-0.25, -0.2) is 0 Å². The van der Waals surface area contributed by atoms with Crippen LogP contribution in [0.4, 0.5) is 5.69 Å². The van der Waals surface area contributed by atoms with Gasteiger partial charge in [-0.1, -0.05) is 30.7 Å². The van der Waals surface area contributed by atoms with E-state index in [-0.39, 0.29) is 6.04 Å². The van der Waals surface area contributed by atoms with Gasteiger partial charge in [-0.3, -0.25) is 0 Å². The van der Waals surface area contributed by atoms with Crippen molar-refractivity contribution in [1.82, 2.24) is 0 Å². The molecule has 112 valence electrons. The molecule has 1 N–H and O–H groups in total. The third-order valence-electron chi connectivity index (χ3n) is 3.43. The molecule has 0 radical (unpaired) electrons. The summed E-state index contributed by atoms with van der Waals surface area (Å²) < 4.78 is 10.4. The lowest BCUT2D eigenvalue weighted by Gasteiger charge is -2.20. The van der Waals surface area contributed by atoms with Gasteiger partial charge in [0.15, 0.2) is 0 Å². The average Bonchev–Trinajstić information content (AvgIpc) is 2.54. The van der Waals surface area contributed by atoms with Gasteiger partial charge in [0.1, 0.15) is 11.5 Å². The van der Waals surface area contributed by atoms with Gasteiger partial charge in [0, 0.05) is 6.07 Å². The molecule has 2 aromatic carbocycles. The van der Waals surface area contributed by atoms with Gasteiger partial charge in [-0.05, 0) is 36.2 Å². The molecule has 0 aliphatic rings. The van der Waals surface area contributed by atoms with Crippen LogP contribution in [0.1, 0.15) is 24.9 Å². The summed E-state index contributed by atoms with van der Waals surface area (Å²) in [5.41, 5.74) is 2.07. The minimum Gasteiger partial charge on any atom is -0.497 e. The van der Waals surface area contributed by atoms with Crippen LogP contribution in [0.3, 0.4) is 0 Å². The van der Waals surface area contributed by atoms with Gasteiger partial charge in [-0.15, -0.1) is 0 Å². The van der Waals surface area contributed by atoms with E-state index in [1.807, 2.05) is 30.3 Å². The highest BCUT2D eigenvalue weighted by Gasteiger charge is 2.12. The lowest BCUT2D eigenvalue weighted by Crippen LogP contribution is -2.10. The van der Waals surface area contributed by atoms with Crippen molar-refractivity contribution in [3.63, 3.8) is 0 Å². The van der Waals surface area contributed by atoms with Crippen molar-refractivity contribution in [3.05, 3.63) is 53.1 Å². The van der Waals surface area contributed by atoms with Crippen LogP contribution < -0.4 is 14.8 Å². The summed E-state index contributed by atoms with van der Waals surface area (Å²) in [7, 11) is 3.31. The fourth-order valence-electron chi connectivity index (χ4n) is 2.19. The van der Waals surface area contributed by atoms with Crippen LogP contribution in [-0.2, 0) is 0 Å². The first-order chi connectivity index (χ1) is 10.2. The number of benzene rings is 2. The van der Waals surface area contributed by atoms with Crippen LogP contribution >= 0.6 is 11.6 Å². The fraction of sp³-hybridized carbons (Fsp3) is 0.294. The summed E-state index contributed by atoms with van der Waals surface area (Å²) in [6, 6.07) is 13.8. The maximum Gasteiger partial charge on any atom is 0.121 e. The third kappa shape index (κ3) is 3.82. The predicted octanol–water partition coefficient (Wildman–Crippen LogP) is 4.92. The monoisotopic (exact) mass is 305 g/mol. The van der Waals surface area contributed by atoms with Gasteiger partial charge >= 0.3 is 0 Å². The second kappa shape index (κ2) is 7.23. The van der Waals surface area contributed by atoms with E-state index in [4.69, 9.17) is 21.1 Å². The van der Waals surface area contributed by atoms with Crippen LogP contribution in [0.5, 0.6) is 11.5 Å². The maximum atomic E-state index is 6.25. The highest BCUT2D eigenvalue weighted by molar-refractivity contribution is 6.33. The number of ether oxygens (including phenoxy) is 2. The van der Waals surface area contributed by atoms with Crippen molar-refractivity contribution < 1.29 is 9.47 Å². The molecule has 0 aliphatic heterocycles. The molecule has 0 spiro atoms. The number of anilines is 1. The summed E-state index contributed by atoms with van der Waals surface area (Å²) in [6.45, 7) is 2.13. The molecule has 1 atom stereocenters. The zero-order chi connectivity index (χ0) is 15.2. The van der Waals surface area contributed by atoms with Crippen molar-refractivity contribution in [2.24, 2.45) is 0 Å². The first kappa shape index (κ1) is 15.5. The van der Waals surface area contributed by atoms with Crippen molar-refractivity contribution >= 4 is 17.3 Å².